The number of likely N-dealkylation sites (tertiary alicyclic amines) is 1. The first-order valence-corrected chi connectivity index (χ1v) is 5.59. The number of likely N-dealkylation sites (N-methyl/N-ethyl adjacent to an activating group) is 1. The average molecular weight is 235 g/mol. The molecule has 5 heteroatoms. The van der Waals surface area contributed by atoms with E-state index in [2.05, 4.69) is 16.9 Å². The highest BCUT2D eigenvalue weighted by Crippen LogP contribution is 2.18. The molecule has 0 bridgehead atoms. The van der Waals surface area contributed by atoms with Crippen LogP contribution in [0.2, 0.25) is 0 Å². The molecule has 2 heterocycles. The van der Waals surface area contributed by atoms with Crippen molar-refractivity contribution in [2.24, 2.45) is 0 Å². The van der Waals surface area contributed by atoms with Crippen molar-refractivity contribution in [2.75, 3.05) is 20.2 Å². The molecule has 1 aromatic rings. The molecular weight excluding hydrogens is 221 g/mol. The summed E-state index contributed by atoms with van der Waals surface area (Å²) >= 11 is 0. The summed E-state index contributed by atoms with van der Waals surface area (Å²) in [5, 5.41) is 8.67. The van der Waals surface area contributed by atoms with Gasteiger partial charge in [0, 0.05) is 12.1 Å². The number of nitrogens with zero attached hydrogens (tertiary/aromatic N) is 3. The van der Waals surface area contributed by atoms with Crippen LogP contribution < -0.4 is 4.74 Å². The van der Waals surface area contributed by atoms with Crippen LogP contribution in [0.4, 0.5) is 4.39 Å². The van der Waals surface area contributed by atoms with E-state index in [0.717, 1.165) is 13.0 Å². The zero-order chi connectivity index (χ0) is 12.3. The summed E-state index contributed by atoms with van der Waals surface area (Å²) in [6, 6.07) is 3.52. The van der Waals surface area contributed by atoms with E-state index in [1.165, 1.54) is 18.7 Å². The normalized spacial score (nSPS) is 20.2. The molecule has 17 heavy (non-hydrogen) atoms. The molecule has 0 aliphatic carbocycles. The Balaban J connectivity index is 1.97. The average Bonchev–Trinajstić information content (AvgIpc) is 2.74. The minimum absolute atomic E-state index is 0.0812. The zero-order valence-electron chi connectivity index (χ0n) is 9.69. The number of nitriles is 1. The van der Waals surface area contributed by atoms with E-state index in [4.69, 9.17) is 10.00 Å². The molecule has 1 atom stereocenters. The maximum absolute atomic E-state index is 13.0. The Morgan fingerprint density at radius 2 is 2.53 bits per heavy atom. The summed E-state index contributed by atoms with van der Waals surface area (Å²) in [4.78, 5) is 5.72. The number of hydrogen-bond acceptors (Lipinski definition) is 4. The van der Waals surface area contributed by atoms with E-state index >= 15 is 0 Å². The van der Waals surface area contributed by atoms with Gasteiger partial charge in [0.05, 0.1) is 6.20 Å². The number of aromatic nitrogens is 1. The molecule has 0 radical (unpaired) electrons. The van der Waals surface area contributed by atoms with Crippen molar-refractivity contribution in [2.45, 2.75) is 18.9 Å². The molecule has 1 aliphatic rings. The van der Waals surface area contributed by atoms with Gasteiger partial charge in [-0.3, -0.25) is 0 Å². The molecule has 0 unspecified atom stereocenters. The molecule has 4 nitrogen and oxygen atoms in total. The van der Waals surface area contributed by atoms with Crippen LogP contribution in [0.3, 0.4) is 0 Å². The van der Waals surface area contributed by atoms with Gasteiger partial charge in [0.15, 0.2) is 0 Å². The van der Waals surface area contributed by atoms with Gasteiger partial charge in [-0.05, 0) is 26.4 Å². The summed E-state index contributed by atoms with van der Waals surface area (Å²) < 4.78 is 18.5. The Labute approximate surface area is 99.6 Å². The topological polar surface area (TPSA) is 49.1 Å². The zero-order valence-corrected chi connectivity index (χ0v) is 9.69. The molecule has 1 aromatic heterocycles. The van der Waals surface area contributed by atoms with Gasteiger partial charge in [-0.25, -0.2) is 4.98 Å². The smallest absolute Gasteiger partial charge is 0.231 e. The van der Waals surface area contributed by atoms with Gasteiger partial charge in [-0.1, -0.05) is 0 Å². The van der Waals surface area contributed by atoms with Crippen molar-refractivity contribution in [3.63, 3.8) is 0 Å². The van der Waals surface area contributed by atoms with Gasteiger partial charge in [0.1, 0.15) is 24.0 Å². The van der Waals surface area contributed by atoms with Crippen LogP contribution in [0.1, 0.15) is 18.4 Å². The van der Waals surface area contributed by atoms with E-state index in [0.29, 0.717) is 18.4 Å². The second-order valence-electron chi connectivity index (χ2n) is 4.21. The second-order valence-corrected chi connectivity index (χ2v) is 4.21. The Kier molecular flexibility index (Phi) is 3.55. The van der Waals surface area contributed by atoms with Crippen molar-refractivity contribution in [1.82, 2.24) is 9.88 Å². The first kappa shape index (κ1) is 11.8. The van der Waals surface area contributed by atoms with Crippen LogP contribution in [-0.2, 0) is 0 Å². The summed E-state index contributed by atoms with van der Waals surface area (Å²) in [5.41, 5.74) is -0.0812. The predicted molar refractivity (Wildman–Crippen MR) is 60.1 cm³/mol. The highest BCUT2D eigenvalue weighted by Gasteiger charge is 2.21. The summed E-state index contributed by atoms with van der Waals surface area (Å²) in [6.45, 7) is 1.63. The molecule has 0 N–H and O–H groups in total. The quantitative estimate of drug-likeness (QED) is 0.746. The second kappa shape index (κ2) is 5.11. The molecule has 1 fully saturated rings. The SMILES string of the molecule is CN1CCC[C@@H]1COc1cnc(F)c(C#N)c1. The molecule has 0 aromatic carbocycles. The highest BCUT2D eigenvalue weighted by atomic mass is 19.1. The number of halogens is 1. The van der Waals surface area contributed by atoms with E-state index in [-0.39, 0.29) is 5.56 Å². The van der Waals surface area contributed by atoms with Crippen molar-refractivity contribution < 1.29 is 9.13 Å². The van der Waals surface area contributed by atoms with Crippen LogP contribution in [0.25, 0.3) is 0 Å². The van der Waals surface area contributed by atoms with Gasteiger partial charge in [-0.15, -0.1) is 0 Å². The Morgan fingerprint density at radius 3 is 3.18 bits per heavy atom. The molecule has 0 spiro atoms. The van der Waals surface area contributed by atoms with Crippen LogP contribution in [0.5, 0.6) is 5.75 Å². The van der Waals surface area contributed by atoms with Gasteiger partial charge < -0.3 is 9.64 Å². The van der Waals surface area contributed by atoms with E-state index in [1.807, 2.05) is 0 Å². The third-order valence-corrected chi connectivity index (χ3v) is 3.05. The maximum atomic E-state index is 13.0. The van der Waals surface area contributed by atoms with Gasteiger partial charge >= 0.3 is 0 Å². The maximum Gasteiger partial charge on any atom is 0.231 e. The Morgan fingerprint density at radius 1 is 1.71 bits per heavy atom. The van der Waals surface area contributed by atoms with Gasteiger partial charge in [0.2, 0.25) is 5.95 Å². The lowest BCUT2D eigenvalue weighted by molar-refractivity contribution is 0.197. The molecule has 1 aliphatic heterocycles. The highest BCUT2D eigenvalue weighted by molar-refractivity contribution is 5.33. The minimum atomic E-state index is -0.752. The monoisotopic (exact) mass is 235 g/mol. The van der Waals surface area contributed by atoms with Crippen LogP contribution in [-0.4, -0.2) is 36.1 Å². The summed E-state index contributed by atoms with van der Waals surface area (Å²) in [6.07, 6.45) is 3.59. The van der Waals surface area contributed by atoms with Crippen molar-refractivity contribution in [1.29, 1.82) is 5.26 Å². The van der Waals surface area contributed by atoms with Gasteiger partial charge in [0.25, 0.3) is 0 Å². The third-order valence-electron chi connectivity index (χ3n) is 3.05. The fraction of sp³-hybridized carbons (Fsp3) is 0.500. The Bertz CT molecular complexity index is 444. The summed E-state index contributed by atoms with van der Waals surface area (Å²) in [5.74, 6) is -0.305. The minimum Gasteiger partial charge on any atom is -0.490 e. The first-order valence-electron chi connectivity index (χ1n) is 5.59. The molecule has 0 amide bonds. The Hall–Kier alpha value is -1.67. The van der Waals surface area contributed by atoms with Crippen molar-refractivity contribution >= 4 is 0 Å². The molecule has 0 saturated carbocycles. The predicted octanol–water partition coefficient (Wildman–Crippen LogP) is 1.57. The number of pyridine rings is 1. The van der Waals surface area contributed by atoms with Crippen LogP contribution >= 0.6 is 0 Å². The summed E-state index contributed by atoms with van der Waals surface area (Å²) in [7, 11) is 2.06. The molecule has 90 valence electrons. The lowest BCUT2D eigenvalue weighted by Crippen LogP contribution is -2.30. The van der Waals surface area contributed by atoms with Crippen LogP contribution in [0.15, 0.2) is 12.3 Å². The van der Waals surface area contributed by atoms with E-state index < -0.39 is 5.95 Å². The van der Waals surface area contributed by atoms with Crippen molar-refractivity contribution in [3.05, 3.63) is 23.8 Å². The van der Waals surface area contributed by atoms with Crippen molar-refractivity contribution in [3.8, 4) is 11.8 Å². The van der Waals surface area contributed by atoms with E-state index in [9.17, 15) is 4.39 Å². The van der Waals surface area contributed by atoms with Crippen LogP contribution in [0, 0.1) is 17.3 Å². The van der Waals surface area contributed by atoms with E-state index in [1.54, 1.807) is 6.07 Å². The largest absolute Gasteiger partial charge is 0.490 e. The molecule has 1 saturated heterocycles. The lowest BCUT2D eigenvalue weighted by Gasteiger charge is -2.19. The standard InChI is InChI=1S/C12H14FN3O/c1-16-4-2-3-10(16)8-17-11-5-9(6-14)12(13)15-7-11/h5,7,10H,2-4,8H2,1H3/t10-/m1/s1. The first-order chi connectivity index (χ1) is 8.20. The molecule has 2 rings (SSSR count). The lowest BCUT2D eigenvalue weighted by atomic mass is 10.2. The third kappa shape index (κ3) is 2.71. The number of rotatable bonds is 3. The van der Waals surface area contributed by atoms with Gasteiger partial charge in [-0.2, -0.15) is 9.65 Å². The fourth-order valence-electron chi connectivity index (χ4n) is 1.97. The fourth-order valence-corrected chi connectivity index (χ4v) is 1.97. The number of hydrogen-bond donors (Lipinski definition) is 0. The number of ether oxygens (including phenoxy) is 1. The molecular formula is C12H14FN3O.